The number of H-pyrrole nitrogens is 1. The van der Waals surface area contributed by atoms with Crippen molar-refractivity contribution in [1.29, 1.82) is 0 Å². The third-order valence-electron chi connectivity index (χ3n) is 4.81. The predicted octanol–water partition coefficient (Wildman–Crippen LogP) is 2.39. The number of aromatic amines is 1. The van der Waals surface area contributed by atoms with E-state index in [0.29, 0.717) is 23.6 Å². The van der Waals surface area contributed by atoms with Crippen LogP contribution in [0.4, 0.5) is 13.2 Å². The largest absolute Gasteiger partial charge is 0.464 e. The third-order valence-corrected chi connectivity index (χ3v) is 4.81. The van der Waals surface area contributed by atoms with Crippen molar-refractivity contribution in [1.82, 2.24) is 19.7 Å². The van der Waals surface area contributed by atoms with E-state index in [1.54, 1.807) is 13.8 Å². The zero-order valence-corrected chi connectivity index (χ0v) is 16.2. The van der Waals surface area contributed by atoms with Gasteiger partial charge in [-0.05, 0) is 26.0 Å². The van der Waals surface area contributed by atoms with Gasteiger partial charge in [0.2, 0.25) is 0 Å². The number of morpholine rings is 1. The summed E-state index contributed by atoms with van der Waals surface area (Å²) in [4.78, 5) is 28.9. The van der Waals surface area contributed by atoms with Crippen molar-refractivity contribution in [2.75, 3.05) is 26.9 Å². The molecule has 0 saturated carbocycles. The van der Waals surface area contributed by atoms with Crippen molar-refractivity contribution in [3.8, 4) is 0 Å². The van der Waals surface area contributed by atoms with E-state index in [2.05, 4.69) is 14.8 Å². The van der Waals surface area contributed by atoms with Crippen LogP contribution in [0.2, 0.25) is 0 Å². The Bertz CT molecular complexity index is 919. The van der Waals surface area contributed by atoms with Crippen molar-refractivity contribution in [3.05, 3.63) is 40.5 Å². The molecule has 3 heterocycles. The van der Waals surface area contributed by atoms with E-state index in [-0.39, 0.29) is 24.5 Å². The number of hydrogen-bond donors (Lipinski definition) is 1. The Labute approximate surface area is 164 Å². The first-order chi connectivity index (χ1) is 13.6. The second-order valence-corrected chi connectivity index (χ2v) is 6.72. The topological polar surface area (TPSA) is 89.4 Å². The third kappa shape index (κ3) is 4.29. The minimum absolute atomic E-state index is 0.131. The van der Waals surface area contributed by atoms with E-state index in [1.807, 2.05) is 0 Å². The van der Waals surface area contributed by atoms with Crippen LogP contribution in [0.15, 0.2) is 12.1 Å². The van der Waals surface area contributed by atoms with Gasteiger partial charge >= 0.3 is 12.1 Å². The average molecular weight is 414 g/mol. The van der Waals surface area contributed by atoms with Crippen LogP contribution < -0.4 is 0 Å². The highest BCUT2D eigenvalue weighted by Gasteiger charge is 2.36. The van der Waals surface area contributed by atoms with Gasteiger partial charge in [-0.15, -0.1) is 0 Å². The van der Waals surface area contributed by atoms with Crippen LogP contribution in [-0.4, -0.2) is 64.6 Å². The van der Waals surface area contributed by atoms with E-state index in [0.717, 1.165) is 4.68 Å². The molecule has 1 unspecified atom stereocenters. The highest BCUT2D eigenvalue weighted by Crippen LogP contribution is 2.31. The zero-order chi connectivity index (χ0) is 21.3. The van der Waals surface area contributed by atoms with Gasteiger partial charge in [0.15, 0.2) is 0 Å². The molecule has 2 aromatic heterocycles. The number of carbonyl (C=O) groups is 2. The maximum Gasteiger partial charge on any atom is 0.408 e. The van der Waals surface area contributed by atoms with Crippen LogP contribution in [-0.2, 0) is 16.0 Å². The van der Waals surface area contributed by atoms with Gasteiger partial charge in [0.1, 0.15) is 17.9 Å². The van der Waals surface area contributed by atoms with Crippen molar-refractivity contribution < 1.29 is 32.2 Å². The zero-order valence-electron chi connectivity index (χ0n) is 16.2. The molecule has 2 aromatic rings. The number of esters is 1. The Morgan fingerprint density at radius 2 is 2.00 bits per heavy atom. The maximum atomic E-state index is 13.0. The number of hydrogen-bond acceptors (Lipinski definition) is 5. The van der Waals surface area contributed by atoms with Gasteiger partial charge in [-0.25, -0.2) is 4.79 Å². The lowest BCUT2D eigenvalue weighted by Crippen LogP contribution is -2.44. The number of nitrogens with one attached hydrogen (secondary N) is 1. The smallest absolute Gasteiger partial charge is 0.408 e. The number of aromatic nitrogens is 3. The molecule has 1 aliphatic heterocycles. The van der Waals surface area contributed by atoms with E-state index in [1.165, 1.54) is 24.1 Å². The Morgan fingerprint density at radius 1 is 1.31 bits per heavy atom. The van der Waals surface area contributed by atoms with Crippen molar-refractivity contribution in [2.45, 2.75) is 32.6 Å². The summed E-state index contributed by atoms with van der Waals surface area (Å²) >= 11 is 0. The second kappa shape index (κ2) is 7.90. The van der Waals surface area contributed by atoms with Crippen LogP contribution >= 0.6 is 0 Å². The SMILES string of the molecule is COC(=O)c1ccc(C(=O)N2CCOCC2c2c(C)nn(CC(F)(F)F)c2C)[nH]1. The van der Waals surface area contributed by atoms with Gasteiger partial charge in [-0.1, -0.05) is 0 Å². The molecule has 1 aliphatic rings. The number of methoxy groups -OCH3 is 1. The van der Waals surface area contributed by atoms with Gasteiger partial charge in [0.25, 0.3) is 5.91 Å². The summed E-state index contributed by atoms with van der Waals surface area (Å²) < 4.78 is 49.5. The molecule has 8 nitrogen and oxygen atoms in total. The van der Waals surface area contributed by atoms with Crippen molar-refractivity contribution >= 4 is 11.9 Å². The fourth-order valence-corrected chi connectivity index (χ4v) is 3.51. The predicted molar refractivity (Wildman–Crippen MR) is 94.5 cm³/mol. The maximum absolute atomic E-state index is 13.0. The van der Waals surface area contributed by atoms with Crippen LogP contribution in [0.25, 0.3) is 0 Å². The van der Waals surface area contributed by atoms with Crippen LogP contribution in [0, 0.1) is 13.8 Å². The number of aryl methyl sites for hydroxylation is 1. The minimum atomic E-state index is -4.41. The lowest BCUT2D eigenvalue weighted by atomic mass is 10.0. The standard InChI is InChI=1S/C18H21F3N4O4/c1-10-15(11(2)25(23-10)9-18(19,20)21)14-8-29-7-6-24(14)16(26)12-4-5-13(22-12)17(27)28-3/h4-5,14,22H,6-9H2,1-3H3. The van der Waals surface area contributed by atoms with Crippen molar-refractivity contribution in [2.24, 2.45) is 0 Å². The number of rotatable bonds is 4. The van der Waals surface area contributed by atoms with Gasteiger partial charge < -0.3 is 19.4 Å². The van der Waals surface area contributed by atoms with E-state index < -0.39 is 30.6 Å². The highest BCUT2D eigenvalue weighted by molar-refractivity contribution is 5.96. The quantitative estimate of drug-likeness (QED) is 0.776. The van der Waals surface area contributed by atoms with E-state index in [9.17, 15) is 22.8 Å². The fraction of sp³-hybridized carbons (Fsp3) is 0.500. The number of ether oxygens (including phenoxy) is 2. The Hall–Kier alpha value is -2.82. The van der Waals surface area contributed by atoms with Crippen LogP contribution in [0.5, 0.6) is 0 Å². The molecule has 158 valence electrons. The van der Waals surface area contributed by atoms with Gasteiger partial charge in [-0.3, -0.25) is 9.48 Å². The summed E-state index contributed by atoms with van der Waals surface area (Å²) in [5.41, 5.74) is 1.57. The molecule has 1 N–H and O–H groups in total. The summed E-state index contributed by atoms with van der Waals surface area (Å²) in [7, 11) is 1.23. The molecule has 0 aromatic carbocycles. The Balaban J connectivity index is 1.91. The highest BCUT2D eigenvalue weighted by atomic mass is 19.4. The van der Waals surface area contributed by atoms with Gasteiger partial charge in [0.05, 0.1) is 32.1 Å². The summed E-state index contributed by atoms with van der Waals surface area (Å²) in [6, 6.07) is 2.31. The monoisotopic (exact) mass is 414 g/mol. The summed E-state index contributed by atoms with van der Waals surface area (Å²) in [5, 5.41) is 4.01. The Morgan fingerprint density at radius 3 is 2.66 bits per heavy atom. The Kier molecular flexibility index (Phi) is 5.69. The molecule has 29 heavy (non-hydrogen) atoms. The second-order valence-electron chi connectivity index (χ2n) is 6.72. The van der Waals surface area contributed by atoms with Crippen LogP contribution in [0.1, 0.15) is 44.0 Å². The first-order valence-electron chi connectivity index (χ1n) is 8.89. The molecular weight excluding hydrogens is 393 g/mol. The minimum Gasteiger partial charge on any atom is -0.464 e. The molecule has 1 fully saturated rings. The lowest BCUT2D eigenvalue weighted by molar-refractivity contribution is -0.143. The molecule has 3 rings (SSSR count). The molecule has 1 atom stereocenters. The summed E-state index contributed by atoms with van der Waals surface area (Å²) in [5.74, 6) is -1.00. The summed E-state index contributed by atoms with van der Waals surface area (Å²) in [6.07, 6.45) is -4.41. The van der Waals surface area contributed by atoms with E-state index in [4.69, 9.17) is 4.74 Å². The first-order valence-corrected chi connectivity index (χ1v) is 8.89. The first kappa shape index (κ1) is 20.9. The molecule has 0 radical (unpaired) electrons. The molecule has 0 bridgehead atoms. The average Bonchev–Trinajstić information content (AvgIpc) is 3.25. The summed E-state index contributed by atoms with van der Waals surface area (Å²) in [6.45, 7) is 2.62. The number of alkyl halides is 3. The van der Waals surface area contributed by atoms with E-state index >= 15 is 0 Å². The number of carbonyl (C=O) groups excluding carboxylic acids is 2. The fourth-order valence-electron chi connectivity index (χ4n) is 3.51. The van der Waals surface area contributed by atoms with Gasteiger partial charge in [-0.2, -0.15) is 18.3 Å². The lowest BCUT2D eigenvalue weighted by Gasteiger charge is -2.35. The molecule has 0 spiro atoms. The number of halogens is 3. The molecule has 0 aliphatic carbocycles. The van der Waals surface area contributed by atoms with Crippen molar-refractivity contribution in [3.63, 3.8) is 0 Å². The number of amides is 1. The molecule has 11 heteroatoms. The molecular formula is C18H21F3N4O4. The molecule has 1 saturated heterocycles. The van der Waals surface area contributed by atoms with Crippen LogP contribution in [0.3, 0.4) is 0 Å². The normalized spacial score (nSPS) is 17.4. The number of nitrogens with zero attached hydrogens (tertiary/aromatic N) is 3. The molecule has 1 amide bonds. The van der Waals surface area contributed by atoms with Gasteiger partial charge in [0, 0.05) is 17.8 Å².